The summed E-state index contributed by atoms with van der Waals surface area (Å²) in [4.78, 5) is 27.6. The number of hydrogen-bond acceptors (Lipinski definition) is 2. The van der Waals surface area contributed by atoms with Crippen LogP contribution in [0.5, 0.6) is 0 Å². The van der Waals surface area contributed by atoms with Gasteiger partial charge in [-0.2, -0.15) is 0 Å². The van der Waals surface area contributed by atoms with Crippen LogP contribution in [0, 0.1) is 0 Å². The molecule has 32 heavy (non-hydrogen) atoms. The number of para-hydroxylation sites is 2. The Bertz CT molecular complexity index is 1350. The fourth-order valence-corrected chi connectivity index (χ4v) is 4.33. The highest BCUT2D eigenvalue weighted by Crippen LogP contribution is 2.36. The van der Waals surface area contributed by atoms with E-state index in [0.717, 1.165) is 17.1 Å². The number of nitrogens with one attached hydrogen (secondary N) is 1. The van der Waals surface area contributed by atoms with Gasteiger partial charge >= 0.3 is 0 Å². The lowest BCUT2D eigenvalue weighted by molar-refractivity contribution is 0.0982. The van der Waals surface area contributed by atoms with Crippen LogP contribution in [0.4, 0.5) is 11.4 Å². The first-order valence-corrected chi connectivity index (χ1v) is 10.7. The van der Waals surface area contributed by atoms with Gasteiger partial charge in [-0.1, -0.05) is 53.5 Å². The van der Waals surface area contributed by atoms with Crippen LogP contribution >= 0.6 is 23.2 Å². The van der Waals surface area contributed by atoms with E-state index in [4.69, 9.17) is 23.2 Å². The Labute approximate surface area is 194 Å². The number of carbonyl (C=O) groups excluding carboxylic acids is 2. The standard InChI is InChI=1S/C25H17Cl2N3O2/c26-19-14-17(10-12-20(19)28-24(31)16-6-2-1-3-7-16)25(32)29-15-18-11-13-23(27)30(18)22-9-5-4-8-21(22)29/h1-14H,15H2,(H,28,31). The van der Waals surface area contributed by atoms with Crippen LogP contribution in [0.3, 0.4) is 0 Å². The van der Waals surface area contributed by atoms with Gasteiger partial charge in [0.05, 0.1) is 28.6 Å². The molecular formula is C25H17Cl2N3O2. The number of benzene rings is 3. The predicted octanol–water partition coefficient (Wildman–Crippen LogP) is 6.20. The fourth-order valence-electron chi connectivity index (χ4n) is 3.84. The van der Waals surface area contributed by atoms with Gasteiger partial charge < -0.3 is 14.8 Å². The topological polar surface area (TPSA) is 54.3 Å². The highest BCUT2D eigenvalue weighted by molar-refractivity contribution is 6.34. The molecule has 3 aromatic carbocycles. The summed E-state index contributed by atoms with van der Waals surface area (Å²) in [5.41, 5.74) is 3.91. The number of anilines is 2. The summed E-state index contributed by atoms with van der Waals surface area (Å²) in [6.07, 6.45) is 0. The van der Waals surface area contributed by atoms with E-state index in [-0.39, 0.29) is 16.8 Å². The number of nitrogens with zero attached hydrogens (tertiary/aromatic N) is 2. The Kier molecular flexibility index (Phi) is 5.21. The van der Waals surface area contributed by atoms with Gasteiger partial charge in [0.25, 0.3) is 11.8 Å². The molecule has 4 aromatic rings. The molecule has 1 N–H and O–H groups in total. The molecule has 2 heterocycles. The first kappa shape index (κ1) is 20.4. The molecule has 1 aliphatic heterocycles. The molecule has 0 saturated carbocycles. The summed E-state index contributed by atoms with van der Waals surface area (Å²) in [6, 6.07) is 25.1. The van der Waals surface area contributed by atoms with E-state index in [1.807, 2.05) is 47.0 Å². The van der Waals surface area contributed by atoms with E-state index in [1.165, 1.54) is 0 Å². The maximum Gasteiger partial charge on any atom is 0.258 e. The zero-order valence-electron chi connectivity index (χ0n) is 16.8. The zero-order valence-corrected chi connectivity index (χ0v) is 18.3. The monoisotopic (exact) mass is 461 g/mol. The first-order chi connectivity index (χ1) is 15.5. The van der Waals surface area contributed by atoms with Crippen molar-refractivity contribution in [3.8, 4) is 5.69 Å². The maximum absolute atomic E-state index is 13.4. The second kappa shape index (κ2) is 8.19. The summed E-state index contributed by atoms with van der Waals surface area (Å²) in [5.74, 6) is -0.460. The van der Waals surface area contributed by atoms with Gasteiger partial charge in [0, 0.05) is 16.8 Å². The Balaban J connectivity index is 1.43. The highest BCUT2D eigenvalue weighted by Gasteiger charge is 2.28. The molecule has 5 rings (SSSR count). The summed E-state index contributed by atoms with van der Waals surface area (Å²) >= 11 is 12.8. The third-order valence-electron chi connectivity index (χ3n) is 5.39. The summed E-state index contributed by atoms with van der Waals surface area (Å²) in [7, 11) is 0. The molecule has 2 amide bonds. The van der Waals surface area contributed by atoms with E-state index in [2.05, 4.69) is 5.32 Å². The Hall–Kier alpha value is -3.54. The van der Waals surface area contributed by atoms with Crippen molar-refractivity contribution in [2.45, 2.75) is 6.54 Å². The van der Waals surface area contributed by atoms with Crippen molar-refractivity contribution in [2.24, 2.45) is 0 Å². The Morgan fingerprint density at radius 3 is 2.25 bits per heavy atom. The molecule has 5 nitrogen and oxygen atoms in total. The van der Waals surface area contributed by atoms with E-state index in [9.17, 15) is 9.59 Å². The lowest BCUT2D eigenvalue weighted by Gasteiger charge is -2.31. The second-order valence-corrected chi connectivity index (χ2v) is 8.17. The first-order valence-electron chi connectivity index (χ1n) is 9.96. The molecule has 0 unspecified atom stereocenters. The number of aromatic nitrogens is 1. The molecule has 158 valence electrons. The Morgan fingerprint density at radius 2 is 1.50 bits per heavy atom. The maximum atomic E-state index is 13.4. The molecule has 7 heteroatoms. The van der Waals surface area contributed by atoms with Crippen LogP contribution in [0.25, 0.3) is 5.69 Å². The zero-order chi connectivity index (χ0) is 22.2. The quantitative estimate of drug-likeness (QED) is 0.394. The molecule has 0 bridgehead atoms. The largest absolute Gasteiger partial charge is 0.321 e. The van der Waals surface area contributed by atoms with Crippen LogP contribution in [-0.2, 0) is 6.54 Å². The van der Waals surface area contributed by atoms with Gasteiger partial charge in [0.15, 0.2) is 0 Å². The van der Waals surface area contributed by atoms with Gasteiger partial charge in [0.1, 0.15) is 5.15 Å². The van der Waals surface area contributed by atoms with Gasteiger partial charge in [-0.25, -0.2) is 0 Å². The average molecular weight is 462 g/mol. The van der Waals surface area contributed by atoms with Gasteiger partial charge in [0.2, 0.25) is 0 Å². The van der Waals surface area contributed by atoms with E-state index in [1.54, 1.807) is 47.4 Å². The molecular weight excluding hydrogens is 445 g/mol. The average Bonchev–Trinajstić information content (AvgIpc) is 3.20. The normalized spacial score (nSPS) is 12.1. The van der Waals surface area contributed by atoms with Gasteiger partial charge in [-0.3, -0.25) is 9.59 Å². The fraction of sp³-hybridized carbons (Fsp3) is 0.0400. The SMILES string of the molecule is O=C(Nc1ccc(C(=O)N2Cc3ccc(Cl)n3-c3ccccc32)cc1Cl)c1ccccc1. The minimum atomic E-state index is -0.269. The molecule has 1 aliphatic rings. The van der Waals surface area contributed by atoms with Crippen LogP contribution < -0.4 is 10.2 Å². The van der Waals surface area contributed by atoms with Crippen molar-refractivity contribution in [3.63, 3.8) is 0 Å². The van der Waals surface area contributed by atoms with E-state index < -0.39 is 0 Å². The molecule has 0 aliphatic carbocycles. The molecule has 0 saturated heterocycles. The second-order valence-electron chi connectivity index (χ2n) is 7.38. The van der Waals surface area contributed by atoms with E-state index in [0.29, 0.717) is 28.5 Å². The molecule has 0 radical (unpaired) electrons. The summed E-state index contributed by atoms with van der Waals surface area (Å²) in [6.45, 7) is 0.382. The van der Waals surface area contributed by atoms with Crippen molar-refractivity contribution in [3.05, 3.63) is 112 Å². The molecule has 0 fully saturated rings. The van der Waals surface area contributed by atoms with Crippen LogP contribution in [0.2, 0.25) is 10.2 Å². The third-order valence-corrected chi connectivity index (χ3v) is 6.00. The number of fused-ring (bicyclic) bond motifs is 3. The third kappa shape index (κ3) is 3.55. The van der Waals surface area contributed by atoms with Crippen molar-refractivity contribution in [1.29, 1.82) is 0 Å². The number of hydrogen-bond donors (Lipinski definition) is 1. The van der Waals surface area contributed by atoms with Crippen LogP contribution in [0.15, 0.2) is 84.9 Å². The van der Waals surface area contributed by atoms with E-state index >= 15 is 0 Å². The number of halogens is 2. The lowest BCUT2D eigenvalue weighted by Crippen LogP contribution is -2.35. The number of carbonyl (C=O) groups is 2. The minimum Gasteiger partial charge on any atom is -0.321 e. The van der Waals surface area contributed by atoms with Crippen LogP contribution in [0.1, 0.15) is 26.4 Å². The minimum absolute atomic E-state index is 0.191. The van der Waals surface area contributed by atoms with Crippen molar-refractivity contribution < 1.29 is 9.59 Å². The molecule has 0 spiro atoms. The van der Waals surface area contributed by atoms with Crippen LogP contribution in [-0.4, -0.2) is 16.4 Å². The number of rotatable bonds is 3. The van der Waals surface area contributed by atoms with Gasteiger partial charge in [-0.05, 0) is 54.6 Å². The predicted molar refractivity (Wildman–Crippen MR) is 127 cm³/mol. The molecule has 0 atom stereocenters. The lowest BCUT2D eigenvalue weighted by atomic mass is 10.1. The van der Waals surface area contributed by atoms with Crippen molar-refractivity contribution in [1.82, 2.24) is 4.57 Å². The highest BCUT2D eigenvalue weighted by atomic mass is 35.5. The van der Waals surface area contributed by atoms with Crippen molar-refractivity contribution >= 4 is 46.4 Å². The molecule has 1 aromatic heterocycles. The number of amides is 2. The van der Waals surface area contributed by atoms with Crippen molar-refractivity contribution in [2.75, 3.05) is 10.2 Å². The summed E-state index contributed by atoms with van der Waals surface area (Å²) in [5, 5.41) is 3.68. The van der Waals surface area contributed by atoms with Gasteiger partial charge in [-0.15, -0.1) is 0 Å². The smallest absolute Gasteiger partial charge is 0.258 e. The summed E-state index contributed by atoms with van der Waals surface area (Å²) < 4.78 is 1.94. The Morgan fingerprint density at radius 1 is 0.781 bits per heavy atom.